The number of allylic oxidation sites excluding steroid dienone is 2. The van der Waals surface area contributed by atoms with Crippen LogP contribution in [0.4, 0.5) is 0 Å². The highest BCUT2D eigenvalue weighted by molar-refractivity contribution is 7.27. The molecule has 2 aromatic heterocycles. The van der Waals surface area contributed by atoms with Crippen molar-refractivity contribution in [3.8, 4) is 5.82 Å². The first-order valence-corrected chi connectivity index (χ1v) is 10.6. The van der Waals surface area contributed by atoms with E-state index in [4.69, 9.17) is 0 Å². The lowest BCUT2D eigenvalue weighted by Gasteiger charge is -2.07. The SMILES string of the molecule is C/C=C(/C(=O)c1ccc(-n2cncn2)nc1)c1ccc(P)cc1.CC.CCCC. The summed E-state index contributed by atoms with van der Waals surface area (Å²) in [5.74, 6) is 0.565. The van der Waals surface area contributed by atoms with Crippen molar-refractivity contribution >= 4 is 25.9 Å². The third kappa shape index (κ3) is 7.35. The summed E-state index contributed by atoms with van der Waals surface area (Å²) in [6, 6.07) is 11.3. The van der Waals surface area contributed by atoms with Gasteiger partial charge in [0.15, 0.2) is 11.6 Å². The number of unbranched alkanes of at least 4 members (excludes halogenated alkanes) is 1. The Morgan fingerprint density at radius 3 is 2.10 bits per heavy atom. The Labute approximate surface area is 176 Å². The number of benzene rings is 1. The maximum absolute atomic E-state index is 12.7. The number of nitrogens with zero attached hydrogens (tertiary/aromatic N) is 4. The molecule has 3 aromatic rings. The molecule has 0 fully saturated rings. The van der Waals surface area contributed by atoms with Gasteiger partial charge in [0.2, 0.25) is 0 Å². The van der Waals surface area contributed by atoms with Crippen LogP contribution >= 0.6 is 9.24 Å². The molecule has 0 bridgehead atoms. The Bertz CT molecular complexity index is 868. The van der Waals surface area contributed by atoms with E-state index < -0.39 is 0 Å². The van der Waals surface area contributed by atoms with Gasteiger partial charge in [-0.05, 0) is 29.9 Å². The van der Waals surface area contributed by atoms with Crippen molar-refractivity contribution in [1.82, 2.24) is 19.7 Å². The number of rotatable bonds is 5. The van der Waals surface area contributed by atoms with Gasteiger partial charge in [0.1, 0.15) is 12.7 Å². The molecule has 0 amide bonds. The minimum Gasteiger partial charge on any atom is -0.289 e. The van der Waals surface area contributed by atoms with Crippen molar-refractivity contribution in [3.63, 3.8) is 0 Å². The predicted octanol–water partition coefficient (Wildman–Crippen LogP) is 5.28. The molecule has 0 spiro atoms. The average Bonchev–Trinajstić information content (AvgIpc) is 3.32. The summed E-state index contributed by atoms with van der Waals surface area (Å²) < 4.78 is 1.54. The monoisotopic (exact) mass is 410 g/mol. The second-order valence-corrected chi connectivity index (χ2v) is 6.57. The Kier molecular flexibility index (Phi) is 11.4. The fraction of sp³-hybridized carbons (Fsp3) is 0.304. The number of carbonyl (C=O) groups excluding carboxylic acids is 1. The maximum atomic E-state index is 12.7. The topological polar surface area (TPSA) is 60.7 Å². The van der Waals surface area contributed by atoms with Crippen molar-refractivity contribution in [1.29, 1.82) is 0 Å². The van der Waals surface area contributed by atoms with Crippen LogP contribution in [-0.4, -0.2) is 25.5 Å². The quantitative estimate of drug-likeness (QED) is 0.326. The van der Waals surface area contributed by atoms with E-state index >= 15 is 0 Å². The highest BCUT2D eigenvalue weighted by atomic mass is 31.0. The molecule has 1 atom stereocenters. The van der Waals surface area contributed by atoms with Crippen molar-refractivity contribution in [2.45, 2.75) is 47.5 Å². The van der Waals surface area contributed by atoms with Gasteiger partial charge in [-0.2, -0.15) is 5.10 Å². The third-order valence-electron chi connectivity index (χ3n) is 3.92. The van der Waals surface area contributed by atoms with Crippen LogP contribution in [0.2, 0.25) is 0 Å². The van der Waals surface area contributed by atoms with Crippen LogP contribution < -0.4 is 5.30 Å². The van der Waals surface area contributed by atoms with E-state index in [1.165, 1.54) is 19.2 Å². The summed E-state index contributed by atoms with van der Waals surface area (Å²) in [5.41, 5.74) is 2.09. The van der Waals surface area contributed by atoms with Crippen molar-refractivity contribution in [3.05, 3.63) is 72.5 Å². The zero-order chi connectivity index (χ0) is 21.6. The summed E-state index contributed by atoms with van der Waals surface area (Å²) in [7, 11) is 2.63. The molecule has 154 valence electrons. The van der Waals surface area contributed by atoms with Gasteiger partial charge < -0.3 is 0 Å². The lowest BCUT2D eigenvalue weighted by atomic mass is 9.97. The molecule has 0 N–H and O–H groups in total. The van der Waals surface area contributed by atoms with Crippen molar-refractivity contribution in [2.24, 2.45) is 0 Å². The van der Waals surface area contributed by atoms with E-state index in [1.54, 1.807) is 29.3 Å². The number of Topliss-reactive ketones (excluding diaryl/α,β-unsaturated/α-hetero) is 1. The number of carbonyl (C=O) groups is 1. The van der Waals surface area contributed by atoms with Gasteiger partial charge in [0.25, 0.3) is 0 Å². The second-order valence-electron chi connectivity index (χ2n) is 5.90. The first-order valence-electron chi connectivity index (χ1n) is 9.98. The second kappa shape index (κ2) is 13.5. The average molecular weight is 411 g/mol. The van der Waals surface area contributed by atoms with Crippen LogP contribution in [0.1, 0.15) is 63.4 Å². The summed E-state index contributed by atoms with van der Waals surface area (Å²) >= 11 is 0. The first kappa shape index (κ1) is 24.4. The molecule has 0 aliphatic carbocycles. The minimum atomic E-state index is -0.0540. The highest BCUT2D eigenvalue weighted by Crippen LogP contribution is 2.19. The molecule has 0 aliphatic heterocycles. The molecule has 3 rings (SSSR count). The zero-order valence-corrected chi connectivity index (χ0v) is 19.1. The van der Waals surface area contributed by atoms with Crippen LogP contribution in [0.5, 0.6) is 0 Å². The molecular formula is C23H31N4OP. The van der Waals surface area contributed by atoms with E-state index in [0.29, 0.717) is 17.0 Å². The summed E-state index contributed by atoms with van der Waals surface area (Å²) in [6.45, 7) is 10.2. The Morgan fingerprint density at radius 2 is 1.66 bits per heavy atom. The molecular weight excluding hydrogens is 379 g/mol. The summed E-state index contributed by atoms with van der Waals surface area (Å²) in [6.07, 6.45) is 9.03. The van der Waals surface area contributed by atoms with E-state index in [2.05, 4.69) is 38.2 Å². The van der Waals surface area contributed by atoms with Gasteiger partial charge in [-0.3, -0.25) is 4.79 Å². The molecule has 29 heavy (non-hydrogen) atoms. The van der Waals surface area contributed by atoms with Crippen LogP contribution in [0.15, 0.2) is 61.3 Å². The maximum Gasteiger partial charge on any atom is 0.194 e. The van der Waals surface area contributed by atoms with Crippen LogP contribution in [0.25, 0.3) is 11.4 Å². The first-order chi connectivity index (χ1) is 14.1. The molecule has 0 aliphatic rings. The zero-order valence-electron chi connectivity index (χ0n) is 18.0. The largest absolute Gasteiger partial charge is 0.289 e. The van der Waals surface area contributed by atoms with Crippen LogP contribution in [-0.2, 0) is 0 Å². The normalized spacial score (nSPS) is 10.3. The van der Waals surface area contributed by atoms with Crippen LogP contribution in [0, 0.1) is 0 Å². The number of hydrogen-bond acceptors (Lipinski definition) is 4. The van der Waals surface area contributed by atoms with E-state index in [1.807, 2.05) is 51.1 Å². The standard InChI is InChI=1S/C17H15N4OP.C4H10.C2H6/c1-2-15(12-3-6-14(23)7-4-12)17(22)13-5-8-16(19-9-13)21-11-18-10-20-21;1-3-4-2;1-2/h2-11H,23H2,1H3;3-4H2,1-2H3;1-2H3/b15-2+;;. The molecule has 1 unspecified atom stereocenters. The van der Waals surface area contributed by atoms with Gasteiger partial charge in [0.05, 0.1) is 0 Å². The lowest BCUT2D eigenvalue weighted by molar-refractivity contribution is 0.105. The van der Waals surface area contributed by atoms with E-state index in [-0.39, 0.29) is 5.78 Å². The van der Waals surface area contributed by atoms with E-state index in [9.17, 15) is 4.79 Å². The molecule has 0 saturated carbocycles. The summed E-state index contributed by atoms with van der Waals surface area (Å²) in [4.78, 5) is 20.9. The molecule has 0 saturated heterocycles. The van der Waals surface area contributed by atoms with Crippen molar-refractivity contribution in [2.75, 3.05) is 0 Å². The van der Waals surface area contributed by atoms with E-state index in [0.717, 1.165) is 10.9 Å². The van der Waals surface area contributed by atoms with Crippen LogP contribution in [0.3, 0.4) is 0 Å². The van der Waals surface area contributed by atoms with Gasteiger partial charge >= 0.3 is 0 Å². The third-order valence-corrected chi connectivity index (χ3v) is 4.30. The van der Waals surface area contributed by atoms with Gasteiger partial charge in [-0.15, -0.1) is 9.24 Å². The number of pyridine rings is 1. The Hall–Kier alpha value is -2.65. The smallest absolute Gasteiger partial charge is 0.194 e. The minimum absolute atomic E-state index is 0.0540. The summed E-state index contributed by atoms with van der Waals surface area (Å²) in [5, 5.41) is 5.09. The van der Waals surface area contributed by atoms with Crippen molar-refractivity contribution < 1.29 is 4.79 Å². The highest BCUT2D eigenvalue weighted by Gasteiger charge is 2.14. The molecule has 2 heterocycles. The Morgan fingerprint density at radius 1 is 1.03 bits per heavy atom. The lowest BCUT2D eigenvalue weighted by Crippen LogP contribution is -2.06. The predicted molar refractivity (Wildman–Crippen MR) is 125 cm³/mol. The number of ketones is 1. The Balaban J connectivity index is 0.000000627. The van der Waals surface area contributed by atoms with Gasteiger partial charge in [-0.1, -0.05) is 70.9 Å². The number of aromatic nitrogens is 4. The number of hydrogen-bond donors (Lipinski definition) is 0. The fourth-order valence-electron chi connectivity index (χ4n) is 2.23. The fourth-order valence-corrected chi connectivity index (χ4v) is 2.42. The van der Waals surface area contributed by atoms with Gasteiger partial charge in [-0.25, -0.2) is 14.6 Å². The molecule has 1 aromatic carbocycles. The van der Waals surface area contributed by atoms with Gasteiger partial charge in [0, 0.05) is 17.3 Å². The molecule has 6 heteroatoms. The molecule has 5 nitrogen and oxygen atoms in total. The molecule has 0 radical (unpaired) electrons.